The molecule has 0 spiro atoms. The third kappa shape index (κ3) is 5.53. The van der Waals surface area contributed by atoms with Gasteiger partial charge in [0.15, 0.2) is 0 Å². The maximum Gasteiger partial charge on any atom is 0.117 e. The standard InChI is InChI=1S/C32H28N2O/c35-32-18-10-17-31(23-32)34(25-27-13-6-2-7-14-27)30-21-19-29(20-22-30)33(28-15-8-3-9-16-28)24-26-11-4-1-5-12-26/h1-23,35H,24-25H2. The SMILES string of the molecule is Oc1cccc(N(Cc2ccccc2)c2ccc(N(Cc3ccccc3)c3ccccc3)cc2)c1. The molecule has 0 fully saturated rings. The van der Waals surface area contributed by atoms with Gasteiger partial charge in [-0.15, -0.1) is 0 Å². The number of phenolic OH excluding ortho intramolecular Hbond substituents is 1. The molecule has 0 aliphatic carbocycles. The minimum atomic E-state index is 0.260. The average Bonchev–Trinajstić information content (AvgIpc) is 2.92. The molecular weight excluding hydrogens is 428 g/mol. The summed E-state index contributed by atoms with van der Waals surface area (Å²) in [4.78, 5) is 4.55. The molecule has 0 aromatic heterocycles. The Morgan fingerprint density at radius 3 is 1.29 bits per heavy atom. The average molecular weight is 457 g/mol. The molecule has 0 aliphatic rings. The molecule has 0 unspecified atom stereocenters. The number of rotatable bonds is 8. The van der Waals surface area contributed by atoms with Crippen molar-refractivity contribution in [3.8, 4) is 5.75 Å². The van der Waals surface area contributed by atoms with Gasteiger partial charge < -0.3 is 14.9 Å². The molecule has 0 aliphatic heterocycles. The van der Waals surface area contributed by atoms with Crippen LogP contribution in [-0.4, -0.2) is 5.11 Å². The van der Waals surface area contributed by atoms with Gasteiger partial charge in [-0.05, 0) is 59.7 Å². The second-order valence-corrected chi connectivity index (χ2v) is 8.52. The Bertz CT molecular complexity index is 1340. The van der Waals surface area contributed by atoms with E-state index in [0.29, 0.717) is 6.54 Å². The third-order valence-electron chi connectivity index (χ3n) is 6.05. The van der Waals surface area contributed by atoms with Gasteiger partial charge in [0.05, 0.1) is 0 Å². The minimum absolute atomic E-state index is 0.260. The molecule has 0 atom stereocenters. The van der Waals surface area contributed by atoms with Crippen LogP contribution in [0, 0.1) is 0 Å². The van der Waals surface area contributed by atoms with Crippen LogP contribution >= 0.6 is 0 Å². The minimum Gasteiger partial charge on any atom is -0.508 e. The molecule has 5 rings (SSSR count). The Morgan fingerprint density at radius 1 is 0.400 bits per heavy atom. The molecule has 3 heteroatoms. The van der Waals surface area contributed by atoms with E-state index < -0.39 is 0 Å². The molecule has 0 saturated carbocycles. The van der Waals surface area contributed by atoms with Crippen LogP contribution in [0.1, 0.15) is 11.1 Å². The number of hydrogen-bond acceptors (Lipinski definition) is 3. The number of aromatic hydroxyl groups is 1. The second kappa shape index (κ2) is 10.6. The van der Waals surface area contributed by atoms with Crippen LogP contribution in [0.4, 0.5) is 22.7 Å². The van der Waals surface area contributed by atoms with Gasteiger partial charge in [0.2, 0.25) is 0 Å². The van der Waals surface area contributed by atoms with Crippen molar-refractivity contribution in [3.05, 3.63) is 151 Å². The van der Waals surface area contributed by atoms with Crippen LogP contribution in [0.5, 0.6) is 5.75 Å². The van der Waals surface area contributed by atoms with Crippen molar-refractivity contribution in [2.24, 2.45) is 0 Å². The fraction of sp³-hybridized carbons (Fsp3) is 0.0625. The first-order chi connectivity index (χ1) is 17.3. The van der Waals surface area contributed by atoms with Crippen LogP contribution in [0.3, 0.4) is 0 Å². The van der Waals surface area contributed by atoms with Gasteiger partial charge in [0, 0.05) is 41.9 Å². The lowest BCUT2D eigenvalue weighted by atomic mass is 10.1. The Labute approximate surface area is 207 Å². The van der Waals surface area contributed by atoms with E-state index in [9.17, 15) is 5.11 Å². The molecule has 3 nitrogen and oxygen atoms in total. The lowest BCUT2D eigenvalue weighted by Crippen LogP contribution is -2.18. The van der Waals surface area contributed by atoms with E-state index in [1.807, 2.05) is 36.4 Å². The van der Waals surface area contributed by atoms with E-state index in [0.717, 1.165) is 29.3 Å². The summed E-state index contributed by atoms with van der Waals surface area (Å²) in [5.74, 6) is 0.260. The zero-order valence-corrected chi connectivity index (χ0v) is 19.5. The van der Waals surface area contributed by atoms with Gasteiger partial charge in [0.1, 0.15) is 5.75 Å². The lowest BCUT2D eigenvalue weighted by Gasteiger charge is -2.28. The molecule has 35 heavy (non-hydrogen) atoms. The summed E-state index contributed by atoms with van der Waals surface area (Å²) in [7, 11) is 0. The fourth-order valence-electron chi connectivity index (χ4n) is 4.28. The largest absolute Gasteiger partial charge is 0.508 e. The second-order valence-electron chi connectivity index (χ2n) is 8.52. The highest BCUT2D eigenvalue weighted by molar-refractivity contribution is 5.70. The maximum absolute atomic E-state index is 10.1. The van der Waals surface area contributed by atoms with Crippen molar-refractivity contribution in [1.82, 2.24) is 0 Å². The summed E-state index contributed by atoms with van der Waals surface area (Å²) in [6, 6.07) is 47.5. The number of benzene rings is 5. The summed E-state index contributed by atoms with van der Waals surface area (Å²) in [6.45, 7) is 1.49. The van der Waals surface area contributed by atoms with Crippen LogP contribution in [0.25, 0.3) is 0 Å². The normalized spacial score (nSPS) is 10.6. The Balaban J connectivity index is 1.49. The summed E-state index contributed by atoms with van der Waals surface area (Å²) in [5.41, 5.74) is 6.75. The summed E-state index contributed by atoms with van der Waals surface area (Å²) in [5, 5.41) is 10.1. The number of anilines is 4. The zero-order chi connectivity index (χ0) is 23.9. The number of hydrogen-bond donors (Lipinski definition) is 1. The van der Waals surface area contributed by atoms with Gasteiger partial charge in [-0.3, -0.25) is 0 Å². The predicted molar refractivity (Wildman–Crippen MR) is 146 cm³/mol. The molecule has 0 radical (unpaired) electrons. The highest BCUT2D eigenvalue weighted by Gasteiger charge is 2.14. The van der Waals surface area contributed by atoms with Crippen molar-refractivity contribution >= 4 is 22.7 Å². The molecule has 0 saturated heterocycles. The third-order valence-corrected chi connectivity index (χ3v) is 6.05. The van der Waals surface area contributed by atoms with Crippen molar-refractivity contribution in [2.75, 3.05) is 9.80 Å². The Hall–Kier alpha value is -4.50. The smallest absolute Gasteiger partial charge is 0.117 e. The first kappa shape index (κ1) is 22.3. The van der Waals surface area contributed by atoms with Crippen molar-refractivity contribution < 1.29 is 5.11 Å². The summed E-state index contributed by atoms with van der Waals surface area (Å²) < 4.78 is 0. The topological polar surface area (TPSA) is 26.7 Å². The molecule has 172 valence electrons. The molecule has 5 aromatic rings. The first-order valence-corrected chi connectivity index (χ1v) is 11.8. The van der Waals surface area contributed by atoms with Gasteiger partial charge in [-0.2, -0.15) is 0 Å². The van der Waals surface area contributed by atoms with E-state index in [4.69, 9.17) is 0 Å². The molecule has 5 aromatic carbocycles. The lowest BCUT2D eigenvalue weighted by molar-refractivity contribution is 0.475. The first-order valence-electron chi connectivity index (χ1n) is 11.8. The molecule has 0 heterocycles. The summed E-state index contributed by atoms with van der Waals surface area (Å²) >= 11 is 0. The molecule has 1 N–H and O–H groups in total. The number of para-hydroxylation sites is 1. The predicted octanol–water partition coefficient (Wildman–Crippen LogP) is 8.07. The Morgan fingerprint density at radius 2 is 0.800 bits per heavy atom. The molecule has 0 bridgehead atoms. The maximum atomic E-state index is 10.1. The molecule has 0 amide bonds. The monoisotopic (exact) mass is 456 g/mol. The van der Waals surface area contributed by atoms with E-state index in [1.165, 1.54) is 11.1 Å². The molecular formula is C32H28N2O. The van der Waals surface area contributed by atoms with Gasteiger partial charge in [-0.25, -0.2) is 0 Å². The van der Waals surface area contributed by atoms with Crippen LogP contribution in [0.15, 0.2) is 140 Å². The van der Waals surface area contributed by atoms with Gasteiger partial charge >= 0.3 is 0 Å². The fourth-order valence-corrected chi connectivity index (χ4v) is 4.28. The van der Waals surface area contributed by atoms with Crippen LogP contribution in [0.2, 0.25) is 0 Å². The van der Waals surface area contributed by atoms with Crippen molar-refractivity contribution in [1.29, 1.82) is 0 Å². The summed E-state index contributed by atoms with van der Waals surface area (Å²) in [6.07, 6.45) is 0. The Kier molecular flexibility index (Phi) is 6.77. The van der Waals surface area contributed by atoms with Gasteiger partial charge in [0.25, 0.3) is 0 Å². The number of nitrogens with zero attached hydrogens (tertiary/aromatic N) is 2. The van der Waals surface area contributed by atoms with E-state index in [2.05, 4.69) is 107 Å². The zero-order valence-electron chi connectivity index (χ0n) is 19.5. The van der Waals surface area contributed by atoms with Crippen LogP contribution < -0.4 is 9.80 Å². The number of phenols is 1. The highest BCUT2D eigenvalue weighted by atomic mass is 16.3. The van der Waals surface area contributed by atoms with E-state index >= 15 is 0 Å². The quantitative estimate of drug-likeness (QED) is 0.256. The van der Waals surface area contributed by atoms with Gasteiger partial charge in [-0.1, -0.05) is 84.9 Å². The highest BCUT2D eigenvalue weighted by Crippen LogP contribution is 2.33. The van der Waals surface area contributed by atoms with E-state index in [-0.39, 0.29) is 5.75 Å². The van der Waals surface area contributed by atoms with Crippen LogP contribution in [-0.2, 0) is 13.1 Å². The van der Waals surface area contributed by atoms with E-state index in [1.54, 1.807) is 6.07 Å². The van der Waals surface area contributed by atoms with Crippen molar-refractivity contribution in [2.45, 2.75) is 13.1 Å². The van der Waals surface area contributed by atoms with Crippen molar-refractivity contribution in [3.63, 3.8) is 0 Å².